The largest absolute Gasteiger partial charge is 0.348 e. The first-order valence-electron chi connectivity index (χ1n) is 9.37. The van der Waals surface area contributed by atoms with Crippen LogP contribution in [-0.4, -0.2) is 8.42 Å². The SMILES string of the molecule is Cc1ccc(CSC(Nc2ccccc2C)=C(C#N)S(=O)(=O)c2ccccc2)cc1. The highest BCUT2D eigenvalue weighted by Crippen LogP contribution is 2.32. The minimum atomic E-state index is -3.96. The minimum absolute atomic E-state index is 0.0987. The Morgan fingerprint density at radius 3 is 2.20 bits per heavy atom. The van der Waals surface area contributed by atoms with Crippen LogP contribution in [0.1, 0.15) is 16.7 Å². The zero-order valence-electron chi connectivity index (χ0n) is 16.8. The molecule has 0 saturated heterocycles. The summed E-state index contributed by atoms with van der Waals surface area (Å²) in [5.41, 5.74) is 3.92. The second kappa shape index (κ2) is 9.66. The summed E-state index contributed by atoms with van der Waals surface area (Å²) in [6, 6.07) is 25.6. The number of nitrogens with one attached hydrogen (secondary N) is 1. The van der Waals surface area contributed by atoms with Crippen LogP contribution >= 0.6 is 11.8 Å². The van der Waals surface area contributed by atoms with Crippen LogP contribution in [0.4, 0.5) is 5.69 Å². The van der Waals surface area contributed by atoms with Crippen molar-refractivity contribution >= 4 is 27.3 Å². The minimum Gasteiger partial charge on any atom is -0.348 e. The van der Waals surface area contributed by atoms with Gasteiger partial charge in [-0.15, -0.1) is 11.8 Å². The maximum absolute atomic E-state index is 13.2. The molecule has 0 fully saturated rings. The molecular formula is C24H22N2O2S2. The summed E-state index contributed by atoms with van der Waals surface area (Å²) >= 11 is 1.31. The number of para-hydroxylation sites is 1. The third kappa shape index (κ3) is 5.12. The van der Waals surface area contributed by atoms with Crippen molar-refractivity contribution in [2.24, 2.45) is 0 Å². The molecule has 1 N–H and O–H groups in total. The van der Waals surface area contributed by atoms with Crippen LogP contribution in [0.3, 0.4) is 0 Å². The van der Waals surface area contributed by atoms with Gasteiger partial charge >= 0.3 is 0 Å². The van der Waals surface area contributed by atoms with Crippen molar-refractivity contribution in [3.8, 4) is 6.07 Å². The lowest BCUT2D eigenvalue weighted by Crippen LogP contribution is -2.10. The Labute approximate surface area is 182 Å². The summed E-state index contributed by atoms with van der Waals surface area (Å²) in [6.45, 7) is 3.95. The summed E-state index contributed by atoms with van der Waals surface area (Å²) in [7, 11) is -3.96. The number of hydrogen-bond acceptors (Lipinski definition) is 5. The lowest BCUT2D eigenvalue weighted by atomic mass is 10.2. The molecule has 3 aromatic rings. The van der Waals surface area contributed by atoms with Gasteiger partial charge in [-0.2, -0.15) is 5.26 Å². The standard InChI is InChI=1S/C24H22N2O2S2/c1-18-12-14-20(15-13-18)17-29-24(26-22-11-7-6-8-19(22)2)23(16-25)30(27,28)21-9-4-3-5-10-21/h3-15,26H,17H2,1-2H3. The van der Waals surface area contributed by atoms with Gasteiger partial charge in [0.05, 0.1) is 4.90 Å². The molecule has 0 heterocycles. The molecule has 0 bridgehead atoms. The Morgan fingerprint density at radius 2 is 1.57 bits per heavy atom. The van der Waals surface area contributed by atoms with Crippen LogP contribution in [0.15, 0.2) is 93.7 Å². The Bertz CT molecular complexity index is 1190. The number of anilines is 1. The van der Waals surface area contributed by atoms with Gasteiger partial charge in [-0.05, 0) is 43.2 Å². The number of aryl methyl sites for hydroxylation is 2. The topological polar surface area (TPSA) is 70.0 Å². The van der Waals surface area contributed by atoms with Crippen LogP contribution in [0.5, 0.6) is 0 Å². The van der Waals surface area contributed by atoms with Gasteiger partial charge in [-0.25, -0.2) is 8.42 Å². The number of allylic oxidation sites excluding steroid dienone is 1. The number of sulfone groups is 1. The molecule has 0 radical (unpaired) electrons. The van der Waals surface area contributed by atoms with Gasteiger partial charge in [0.15, 0.2) is 4.91 Å². The van der Waals surface area contributed by atoms with Crippen molar-refractivity contribution in [2.75, 3.05) is 5.32 Å². The van der Waals surface area contributed by atoms with E-state index >= 15 is 0 Å². The maximum atomic E-state index is 13.2. The molecule has 0 aliphatic rings. The van der Waals surface area contributed by atoms with E-state index in [-0.39, 0.29) is 9.80 Å². The molecular weight excluding hydrogens is 412 g/mol. The van der Waals surface area contributed by atoms with Crippen molar-refractivity contribution < 1.29 is 8.42 Å². The lowest BCUT2D eigenvalue weighted by Gasteiger charge is -2.15. The first-order chi connectivity index (χ1) is 14.4. The van der Waals surface area contributed by atoms with Crippen LogP contribution < -0.4 is 5.32 Å². The fourth-order valence-electron chi connectivity index (χ4n) is 2.78. The molecule has 0 aliphatic heterocycles. The molecule has 6 heteroatoms. The third-order valence-corrected chi connectivity index (χ3v) is 7.45. The number of hydrogen-bond donors (Lipinski definition) is 1. The van der Waals surface area contributed by atoms with E-state index in [9.17, 15) is 13.7 Å². The van der Waals surface area contributed by atoms with E-state index in [1.807, 2.05) is 68.4 Å². The van der Waals surface area contributed by atoms with Gasteiger partial charge in [0.25, 0.3) is 0 Å². The first-order valence-corrected chi connectivity index (χ1v) is 11.8. The summed E-state index contributed by atoms with van der Waals surface area (Å²) in [4.78, 5) is -0.185. The van der Waals surface area contributed by atoms with Crippen LogP contribution in [0, 0.1) is 25.2 Å². The van der Waals surface area contributed by atoms with E-state index in [0.717, 1.165) is 22.4 Å². The van der Waals surface area contributed by atoms with Gasteiger partial charge in [0.1, 0.15) is 11.1 Å². The summed E-state index contributed by atoms with van der Waals surface area (Å²) in [5.74, 6) is 0.532. The number of benzene rings is 3. The fraction of sp³-hybridized carbons (Fsp3) is 0.125. The van der Waals surface area contributed by atoms with Crippen LogP contribution in [-0.2, 0) is 15.6 Å². The molecule has 0 spiro atoms. The number of rotatable bonds is 7. The molecule has 0 aliphatic carbocycles. The third-order valence-electron chi connectivity index (χ3n) is 4.53. The normalized spacial score (nSPS) is 12.0. The van der Waals surface area contributed by atoms with Gasteiger partial charge in [0, 0.05) is 11.4 Å². The second-order valence-corrected chi connectivity index (χ2v) is 9.67. The average molecular weight is 435 g/mol. The number of nitrogens with zero attached hydrogens (tertiary/aromatic N) is 1. The highest BCUT2D eigenvalue weighted by molar-refractivity contribution is 8.04. The molecule has 0 saturated carbocycles. The molecule has 152 valence electrons. The van der Waals surface area contributed by atoms with Crippen molar-refractivity contribution in [2.45, 2.75) is 24.5 Å². The van der Waals surface area contributed by atoms with Crippen LogP contribution in [0.25, 0.3) is 0 Å². The lowest BCUT2D eigenvalue weighted by molar-refractivity contribution is 0.603. The zero-order valence-corrected chi connectivity index (χ0v) is 18.4. The van der Waals surface area contributed by atoms with Gasteiger partial charge in [0.2, 0.25) is 9.84 Å². The predicted molar refractivity (Wildman–Crippen MR) is 124 cm³/mol. The van der Waals surface area contributed by atoms with E-state index in [4.69, 9.17) is 0 Å². The summed E-state index contributed by atoms with van der Waals surface area (Å²) in [5, 5.41) is 13.3. The van der Waals surface area contributed by atoms with Gasteiger partial charge in [-0.1, -0.05) is 66.2 Å². The van der Waals surface area contributed by atoms with E-state index in [2.05, 4.69) is 5.32 Å². The number of nitriles is 1. The predicted octanol–water partition coefficient (Wildman–Crippen LogP) is 5.82. The Hall–Kier alpha value is -3.01. The Morgan fingerprint density at radius 1 is 0.933 bits per heavy atom. The highest BCUT2D eigenvalue weighted by Gasteiger charge is 2.25. The maximum Gasteiger partial charge on any atom is 0.219 e. The van der Waals surface area contributed by atoms with E-state index in [1.54, 1.807) is 18.2 Å². The quantitative estimate of drug-likeness (QED) is 0.475. The van der Waals surface area contributed by atoms with Gasteiger partial charge < -0.3 is 5.32 Å². The number of thioether (sulfide) groups is 1. The monoisotopic (exact) mass is 434 g/mol. The van der Waals surface area contributed by atoms with Crippen molar-refractivity contribution in [3.05, 3.63) is 105 Å². The van der Waals surface area contributed by atoms with E-state index < -0.39 is 9.84 Å². The average Bonchev–Trinajstić information content (AvgIpc) is 2.75. The van der Waals surface area contributed by atoms with E-state index in [1.165, 1.54) is 23.9 Å². The highest BCUT2D eigenvalue weighted by atomic mass is 32.2. The smallest absolute Gasteiger partial charge is 0.219 e. The Balaban J connectivity index is 2.04. The van der Waals surface area contributed by atoms with Crippen molar-refractivity contribution in [1.82, 2.24) is 0 Å². The molecule has 30 heavy (non-hydrogen) atoms. The van der Waals surface area contributed by atoms with Crippen molar-refractivity contribution in [3.63, 3.8) is 0 Å². The molecule has 3 aromatic carbocycles. The second-order valence-electron chi connectivity index (χ2n) is 6.80. The van der Waals surface area contributed by atoms with Crippen molar-refractivity contribution in [1.29, 1.82) is 5.26 Å². The zero-order chi connectivity index (χ0) is 21.6. The fourth-order valence-corrected chi connectivity index (χ4v) is 5.32. The Kier molecular flexibility index (Phi) is 6.99. The molecule has 0 aromatic heterocycles. The molecule has 0 atom stereocenters. The molecule has 0 amide bonds. The molecule has 0 unspecified atom stereocenters. The summed E-state index contributed by atoms with van der Waals surface area (Å²) < 4.78 is 26.4. The molecule has 4 nitrogen and oxygen atoms in total. The summed E-state index contributed by atoms with van der Waals surface area (Å²) in [6.07, 6.45) is 0. The first kappa shape index (κ1) is 21.7. The van der Waals surface area contributed by atoms with Gasteiger partial charge in [-0.3, -0.25) is 0 Å². The molecule has 3 rings (SSSR count). The van der Waals surface area contributed by atoms with E-state index in [0.29, 0.717) is 10.8 Å². The van der Waals surface area contributed by atoms with Crippen LogP contribution in [0.2, 0.25) is 0 Å².